The first-order valence-electron chi connectivity index (χ1n) is 6.98. The van der Waals surface area contributed by atoms with Gasteiger partial charge < -0.3 is 5.11 Å². The summed E-state index contributed by atoms with van der Waals surface area (Å²) in [5.41, 5.74) is 0. The van der Waals surface area contributed by atoms with Gasteiger partial charge in [0.05, 0.1) is 16.6 Å². The molecule has 1 atom stereocenters. The fraction of sp³-hybridized carbons (Fsp3) is 0.462. The maximum atomic E-state index is 12.1. The molecule has 2 rings (SSSR count). The predicted octanol–water partition coefficient (Wildman–Crippen LogP) is -0.299. The number of nitrogens with one attached hydrogen (secondary N) is 1. The quantitative estimate of drug-likeness (QED) is 0.687. The number of aliphatic carboxylic acids is 1. The van der Waals surface area contributed by atoms with E-state index in [1.807, 2.05) is 0 Å². The Hall–Kier alpha value is -1.49. The van der Waals surface area contributed by atoms with Gasteiger partial charge in [-0.15, -0.1) is 0 Å². The molecular formula is C13H18N2O6S2. The minimum absolute atomic E-state index is 0.0597. The number of rotatable bonds is 7. The van der Waals surface area contributed by atoms with Crippen molar-refractivity contribution in [3.63, 3.8) is 0 Å². The van der Waals surface area contributed by atoms with Crippen molar-refractivity contribution in [1.82, 2.24) is 9.03 Å². The molecule has 1 aromatic rings. The fourth-order valence-electron chi connectivity index (χ4n) is 2.30. The van der Waals surface area contributed by atoms with Crippen molar-refractivity contribution in [3.8, 4) is 0 Å². The molecule has 1 aliphatic heterocycles. The molecule has 1 unspecified atom stereocenters. The van der Waals surface area contributed by atoms with Crippen LogP contribution in [0.2, 0.25) is 0 Å². The van der Waals surface area contributed by atoms with Crippen molar-refractivity contribution in [3.05, 3.63) is 30.3 Å². The van der Waals surface area contributed by atoms with Gasteiger partial charge in [0, 0.05) is 19.6 Å². The minimum Gasteiger partial charge on any atom is -0.481 e. The topological polar surface area (TPSA) is 121 Å². The van der Waals surface area contributed by atoms with E-state index in [4.69, 9.17) is 5.11 Å². The van der Waals surface area contributed by atoms with Gasteiger partial charge in [-0.2, -0.15) is 0 Å². The number of hydrogen-bond donors (Lipinski definition) is 2. The monoisotopic (exact) mass is 362 g/mol. The average Bonchev–Trinajstić information content (AvgIpc) is 2.98. The summed E-state index contributed by atoms with van der Waals surface area (Å²) in [6.45, 7) is -0.193. The molecule has 0 saturated carbocycles. The molecule has 1 aliphatic rings. The number of carboxylic acid groups (broad SMARTS) is 1. The molecule has 23 heavy (non-hydrogen) atoms. The third-order valence-electron chi connectivity index (χ3n) is 3.60. The third kappa shape index (κ3) is 4.50. The lowest BCUT2D eigenvalue weighted by molar-refractivity contribution is -0.141. The third-order valence-corrected chi connectivity index (χ3v) is 6.91. The van der Waals surface area contributed by atoms with Crippen molar-refractivity contribution in [1.29, 1.82) is 0 Å². The molecule has 1 fully saturated rings. The van der Waals surface area contributed by atoms with Crippen molar-refractivity contribution in [2.75, 3.05) is 25.4 Å². The SMILES string of the molecule is O=C(O)C1CCN(S(=O)(=O)CCNS(=O)(=O)c2ccccc2)C1. The first-order chi connectivity index (χ1) is 10.7. The van der Waals surface area contributed by atoms with E-state index in [2.05, 4.69) is 4.72 Å². The van der Waals surface area contributed by atoms with Gasteiger partial charge in [0.1, 0.15) is 0 Å². The number of benzene rings is 1. The molecule has 8 nitrogen and oxygen atoms in total. The highest BCUT2D eigenvalue weighted by Gasteiger charge is 2.34. The summed E-state index contributed by atoms with van der Waals surface area (Å²) in [6, 6.07) is 7.64. The second kappa shape index (κ2) is 6.95. The van der Waals surface area contributed by atoms with Gasteiger partial charge in [-0.3, -0.25) is 4.79 Å². The van der Waals surface area contributed by atoms with Crippen LogP contribution in [0.15, 0.2) is 35.2 Å². The van der Waals surface area contributed by atoms with Crippen molar-refractivity contribution >= 4 is 26.0 Å². The summed E-state index contributed by atoms with van der Waals surface area (Å²) < 4.78 is 51.5. The maximum Gasteiger partial charge on any atom is 0.307 e. The Bertz CT molecular complexity index is 761. The van der Waals surface area contributed by atoms with Crippen molar-refractivity contribution in [2.24, 2.45) is 5.92 Å². The Morgan fingerprint density at radius 2 is 1.87 bits per heavy atom. The van der Waals surface area contributed by atoms with E-state index >= 15 is 0 Å². The van der Waals surface area contributed by atoms with E-state index in [9.17, 15) is 21.6 Å². The zero-order valence-electron chi connectivity index (χ0n) is 12.3. The van der Waals surface area contributed by atoms with Gasteiger partial charge in [-0.1, -0.05) is 18.2 Å². The van der Waals surface area contributed by atoms with Crippen LogP contribution in [0.5, 0.6) is 0 Å². The highest BCUT2D eigenvalue weighted by Crippen LogP contribution is 2.19. The minimum atomic E-state index is -3.76. The predicted molar refractivity (Wildman–Crippen MR) is 82.7 cm³/mol. The van der Waals surface area contributed by atoms with Crippen LogP contribution in [0.25, 0.3) is 0 Å². The standard InChI is InChI=1S/C13H18N2O6S2/c16-13(17)11-6-8-15(10-11)22(18,19)9-7-14-23(20,21)12-4-2-1-3-5-12/h1-5,11,14H,6-10H2,(H,16,17). The first kappa shape index (κ1) is 17.9. The summed E-state index contributed by atoms with van der Waals surface area (Å²) in [7, 11) is -7.45. The first-order valence-corrected chi connectivity index (χ1v) is 10.1. The lowest BCUT2D eigenvalue weighted by atomic mass is 10.1. The molecule has 0 aliphatic carbocycles. The van der Waals surface area contributed by atoms with Crippen molar-refractivity contribution < 1.29 is 26.7 Å². The Balaban J connectivity index is 1.92. The summed E-state index contributed by atoms with van der Waals surface area (Å²) in [6.07, 6.45) is 0.268. The Labute approximate surface area is 135 Å². The van der Waals surface area contributed by atoms with Gasteiger partial charge in [0.15, 0.2) is 0 Å². The summed E-state index contributed by atoms with van der Waals surface area (Å²) in [4.78, 5) is 10.9. The van der Waals surface area contributed by atoms with E-state index in [1.54, 1.807) is 18.2 Å². The van der Waals surface area contributed by atoms with Crippen LogP contribution >= 0.6 is 0 Å². The number of carboxylic acids is 1. The van der Waals surface area contributed by atoms with Gasteiger partial charge >= 0.3 is 5.97 Å². The van der Waals surface area contributed by atoms with Crippen LogP contribution in [0.4, 0.5) is 0 Å². The zero-order chi connectivity index (χ0) is 17.1. The lowest BCUT2D eigenvalue weighted by Crippen LogP contribution is -2.37. The number of sulfonamides is 2. The van der Waals surface area contributed by atoms with E-state index in [0.717, 1.165) is 4.31 Å². The normalized spacial score (nSPS) is 19.7. The molecule has 128 valence electrons. The lowest BCUT2D eigenvalue weighted by Gasteiger charge is -2.16. The molecular weight excluding hydrogens is 344 g/mol. The molecule has 0 spiro atoms. The molecule has 0 aromatic heterocycles. The van der Waals surface area contributed by atoms with Gasteiger partial charge in [-0.05, 0) is 18.6 Å². The van der Waals surface area contributed by atoms with Crippen LogP contribution < -0.4 is 4.72 Å². The van der Waals surface area contributed by atoms with Gasteiger partial charge in [-0.25, -0.2) is 25.9 Å². The number of nitrogens with zero attached hydrogens (tertiary/aromatic N) is 1. The van der Waals surface area contributed by atoms with Crippen LogP contribution in [0.3, 0.4) is 0 Å². The second-order valence-corrected chi connectivity index (χ2v) is 9.06. The molecule has 2 N–H and O–H groups in total. The zero-order valence-corrected chi connectivity index (χ0v) is 13.9. The molecule has 1 aromatic carbocycles. The Morgan fingerprint density at radius 1 is 1.22 bits per heavy atom. The second-order valence-electron chi connectivity index (χ2n) is 5.21. The largest absolute Gasteiger partial charge is 0.481 e. The molecule has 10 heteroatoms. The maximum absolute atomic E-state index is 12.1. The van der Waals surface area contributed by atoms with Crippen LogP contribution in [0, 0.1) is 5.92 Å². The highest BCUT2D eigenvalue weighted by molar-refractivity contribution is 7.90. The molecule has 0 bridgehead atoms. The summed E-state index contributed by atoms with van der Waals surface area (Å²) in [5, 5.41) is 8.89. The number of carbonyl (C=O) groups is 1. The Morgan fingerprint density at radius 3 is 2.43 bits per heavy atom. The van der Waals surface area contributed by atoms with Crippen LogP contribution in [-0.4, -0.2) is 57.6 Å². The molecule has 0 radical (unpaired) electrons. The molecule has 1 heterocycles. The van der Waals surface area contributed by atoms with Crippen molar-refractivity contribution in [2.45, 2.75) is 11.3 Å². The highest BCUT2D eigenvalue weighted by atomic mass is 32.2. The van der Waals surface area contributed by atoms with E-state index in [0.29, 0.717) is 0 Å². The molecule has 0 amide bonds. The van der Waals surface area contributed by atoms with E-state index in [1.165, 1.54) is 12.1 Å². The van der Waals surface area contributed by atoms with E-state index < -0.39 is 37.7 Å². The van der Waals surface area contributed by atoms with E-state index in [-0.39, 0.29) is 31.0 Å². The van der Waals surface area contributed by atoms with Crippen LogP contribution in [-0.2, 0) is 24.8 Å². The van der Waals surface area contributed by atoms with Gasteiger partial charge in [0.25, 0.3) is 0 Å². The summed E-state index contributed by atoms with van der Waals surface area (Å²) >= 11 is 0. The smallest absolute Gasteiger partial charge is 0.307 e. The fourth-order valence-corrected chi connectivity index (χ4v) is 4.89. The van der Waals surface area contributed by atoms with Gasteiger partial charge in [0.2, 0.25) is 20.0 Å². The Kier molecular flexibility index (Phi) is 5.40. The molecule has 1 saturated heterocycles. The number of hydrogen-bond acceptors (Lipinski definition) is 5. The average molecular weight is 362 g/mol. The van der Waals surface area contributed by atoms with Crippen LogP contribution in [0.1, 0.15) is 6.42 Å². The summed E-state index contributed by atoms with van der Waals surface area (Å²) in [5.74, 6) is -2.14.